The van der Waals surface area contributed by atoms with Crippen LogP contribution in [0.3, 0.4) is 0 Å². The summed E-state index contributed by atoms with van der Waals surface area (Å²) in [6.45, 7) is 3.36. The SMILES string of the molecule is CC(=O)C(CCCc1ccccc1)n1nc(C)c2c(=O)[nH]c(-c3ccc(-c4ccccc4)cc3)nc21. The Hall–Kier alpha value is -4.32. The Labute approximate surface area is 209 Å². The fourth-order valence-corrected chi connectivity index (χ4v) is 4.66. The molecule has 0 aliphatic rings. The van der Waals surface area contributed by atoms with E-state index in [2.05, 4.69) is 34.3 Å². The average Bonchev–Trinajstić information content (AvgIpc) is 3.24. The van der Waals surface area contributed by atoms with Crippen LogP contribution in [0, 0.1) is 6.92 Å². The lowest BCUT2D eigenvalue weighted by Gasteiger charge is -2.15. The van der Waals surface area contributed by atoms with Crippen LogP contribution in [0.1, 0.15) is 37.1 Å². The van der Waals surface area contributed by atoms with Gasteiger partial charge in [-0.05, 0) is 49.8 Å². The Morgan fingerprint density at radius 2 is 1.50 bits per heavy atom. The minimum Gasteiger partial charge on any atom is -0.306 e. The van der Waals surface area contributed by atoms with Crippen molar-refractivity contribution in [1.29, 1.82) is 0 Å². The third-order valence-corrected chi connectivity index (χ3v) is 6.55. The van der Waals surface area contributed by atoms with Crippen LogP contribution in [0.15, 0.2) is 89.7 Å². The van der Waals surface area contributed by atoms with Gasteiger partial charge in [0.15, 0.2) is 11.4 Å². The van der Waals surface area contributed by atoms with Crippen molar-refractivity contribution >= 4 is 16.8 Å². The molecule has 1 N–H and O–H groups in total. The maximum absolute atomic E-state index is 13.1. The second-order valence-electron chi connectivity index (χ2n) is 9.09. The topological polar surface area (TPSA) is 80.6 Å². The van der Waals surface area contributed by atoms with Crippen LogP contribution in [0.2, 0.25) is 0 Å². The molecule has 0 aliphatic heterocycles. The molecule has 1 unspecified atom stereocenters. The van der Waals surface area contributed by atoms with E-state index in [1.165, 1.54) is 5.56 Å². The second-order valence-corrected chi connectivity index (χ2v) is 9.09. The first kappa shape index (κ1) is 23.4. The molecule has 2 heterocycles. The average molecular weight is 477 g/mol. The zero-order valence-corrected chi connectivity index (χ0v) is 20.4. The lowest BCUT2D eigenvalue weighted by Crippen LogP contribution is -2.20. The van der Waals surface area contributed by atoms with Gasteiger partial charge < -0.3 is 4.98 Å². The molecule has 0 saturated carbocycles. The monoisotopic (exact) mass is 476 g/mol. The lowest BCUT2D eigenvalue weighted by molar-refractivity contribution is -0.120. The minimum atomic E-state index is -0.479. The number of aromatic nitrogens is 4. The van der Waals surface area contributed by atoms with E-state index in [0.717, 1.165) is 29.5 Å². The molecule has 2 aromatic heterocycles. The van der Waals surface area contributed by atoms with E-state index in [0.29, 0.717) is 29.0 Å². The van der Waals surface area contributed by atoms with Gasteiger partial charge in [0.2, 0.25) is 0 Å². The number of aromatic amines is 1. The summed E-state index contributed by atoms with van der Waals surface area (Å²) in [5.74, 6) is 0.461. The fraction of sp³-hybridized carbons (Fsp3) is 0.200. The van der Waals surface area contributed by atoms with Crippen LogP contribution in [0.25, 0.3) is 33.5 Å². The minimum absolute atomic E-state index is 0.00306. The van der Waals surface area contributed by atoms with Gasteiger partial charge in [0.1, 0.15) is 17.3 Å². The zero-order valence-electron chi connectivity index (χ0n) is 20.4. The first-order valence-electron chi connectivity index (χ1n) is 12.2. The molecule has 6 heteroatoms. The molecule has 5 rings (SSSR count). The number of carbonyl (C=O) groups excluding carboxylic acids is 1. The van der Waals surface area contributed by atoms with E-state index < -0.39 is 6.04 Å². The van der Waals surface area contributed by atoms with Gasteiger partial charge in [0.25, 0.3) is 5.56 Å². The second kappa shape index (κ2) is 10.1. The Bertz CT molecular complexity index is 1550. The Kier molecular flexibility index (Phi) is 6.58. The van der Waals surface area contributed by atoms with E-state index in [1.807, 2.05) is 60.7 Å². The predicted molar refractivity (Wildman–Crippen MR) is 143 cm³/mol. The van der Waals surface area contributed by atoms with Crippen LogP contribution in [0.5, 0.6) is 0 Å². The number of carbonyl (C=O) groups is 1. The molecule has 0 aliphatic carbocycles. The molecule has 0 radical (unpaired) electrons. The summed E-state index contributed by atoms with van der Waals surface area (Å²) in [5, 5.41) is 5.02. The van der Waals surface area contributed by atoms with Gasteiger partial charge in [-0.25, -0.2) is 9.67 Å². The number of benzene rings is 3. The number of fused-ring (bicyclic) bond motifs is 1. The highest BCUT2D eigenvalue weighted by molar-refractivity contribution is 5.84. The first-order chi connectivity index (χ1) is 17.5. The summed E-state index contributed by atoms with van der Waals surface area (Å²) in [4.78, 5) is 33.4. The third kappa shape index (κ3) is 4.75. The maximum Gasteiger partial charge on any atom is 0.262 e. The number of hydrogen-bond acceptors (Lipinski definition) is 4. The van der Waals surface area contributed by atoms with Crippen molar-refractivity contribution in [3.8, 4) is 22.5 Å². The van der Waals surface area contributed by atoms with Gasteiger partial charge in [-0.15, -0.1) is 0 Å². The smallest absolute Gasteiger partial charge is 0.262 e. The largest absolute Gasteiger partial charge is 0.306 e. The molecular weight excluding hydrogens is 448 g/mol. The van der Waals surface area contributed by atoms with Gasteiger partial charge in [-0.2, -0.15) is 5.10 Å². The molecule has 0 spiro atoms. The molecule has 36 heavy (non-hydrogen) atoms. The molecule has 5 aromatic rings. The van der Waals surface area contributed by atoms with Gasteiger partial charge >= 0.3 is 0 Å². The van der Waals surface area contributed by atoms with Crippen molar-refractivity contribution < 1.29 is 4.79 Å². The molecule has 6 nitrogen and oxygen atoms in total. The zero-order chi connectivity index (χ0) is 25.1. The lowest BCUT2D eigenvalue weighted by atomic mass is 10.0. The summed E-state index contributed by atoms with van der Waals surface area (Å²) < 4.78 is 1.65. The Morgan fingerprint density at radius 3 is 2.17 bits per heavy atom. The van der Waals surface area contributed by atoms with Crippen molar-refractivity contribution in [2.24, 2.45) is 0 Å². The van der Waals surface area contributed by atoms with E-state index >= 15 is 0 Å². The van der Waals surface area contributed by atoms with Crippen LogP contribution < -0.4 is 5.56 Å². The molecule has 0 saturated heterocycles. The van der Waals surface area contributed by atoms with Gasteiger partial charge in [-0.1, -0.05) is 84.9 Å². The van der Waals surface area contributed by atoms with Crippen molar-refractivity contribution in [1.82, 2.24) is 19.7 Å². The Balaban J connectivity index is 1.48. The molecule has 0 fully saturated rings. The van der Waals surface area contributed by atoms with Crippen molar-refractivity contribution in [2.75, 3.05) is 0 Å². The molecular formula is C30H28N4O2. The van der Waals surface area contributed by atoms with Gasteiger partial charge in [0, 0.05) is 5.56 Å². The molecule has 0 amide bonds. The number of hydrogen-bond donors (Lipinski definition) is 1. The first-order valence-corrected chi connectivity index (χ1v) is 12.2. The summed E-state index contributed by atoms with van der Waals surface area (Å²) in [5.41, 5.74) is 4.99. The van der Waals surface area contributed by atoms with Crippen LogP contribution >= 0.6 is 0 Å². The fourth-order valence-electron chi connectivity index (χ4n) is 4.66. The molecule has 1 atom stereocenters. The summed E-state index contributed by atoms with van der Waals surface area (Å²) in [6.07, 6.45) is 2.32. The van der Waals surface area contributed by atoms with Gasteiger partial charge in [-0.3, -0.25) is 9.59 Å². The standard InChI is InChI=1S/C30H28N4O2/c1-20-27-29(34(33-20)26(21(2)35)15-9-12-22-10-5-3-6-11-22)31-28(32-30(27)36)25-18-16-24(17-19-25)23-13-7-4-8-14-23/h3-8,10-11,13-14,16-19,26H,9,12,15H2,1-2H3,(H,31,32,36). The van der Waals surface area contributed by atoms with Gasteiger partial charge in [0.05, 0.1) is 5.69 Å². The van der Waals surface area contributed by atoms with Crippen molar-refractivity contribution in [2.45, 2.75) is 39.2 Å². The summed E-state index contributed by atoms with van der Waals surface area (Å²) in [7, 11) is 0. The van der Waals surface area contributed by atoms with Crippen molar-refractivity contribution in [3.63, 3.8) is 0 Å². The van der Waals surface area contributed by atoms with E-state index in [1.54, 1.807) is 18.5 Å². The number of nitrogens with one attached hydrogen (secondary N) is 1. The highest BCUT2D eigenvalue weighted by atomic mass is 16.1. The number of ketones is 1. The highest BCUT2D eigenvalue weighted by Gasteiger charge is 2.24. The number of H-pyrrole nitrogens is 1. The van der Waals surface area contributed by atoms with E-state index in [4.69, 9.17) is 4.98 Å². The van der Waals surface area contributed by atoms with Crippen molar-refractivity contribution in [3.05, 3.63) is 107 Å². The maximum atomic E-state index is 13.1. The number of Topliss-reactive ketones (excluding diaryl/α,β-unsaturated/α-hetero) is 1. The summed E-state index contributed by atoms with van der Waals surface area (Å²) in [6, 6.07) is 27.8. The van der Waals surface area contributed by atoms with Crippen LogP contribution in [-0.4, -0.2) is 25.5 Å². The number of rotatable bonds is 8. The molecule has 0 bridgehead atoms. The number of aryl methyl sites for hydroxylation is 2. The van der Waals surface area contributed by atoms with Crippen LogP contribution in [0.4, 0.5) is 0 Å². The summed E-state index contributed by atoms with van der Waals surface area (Å²) >= 11 is 0. The third-order valence-electron chi connectivity index (χ3n) is 6.55. The molecule has 3 aromatic carbocycles. The predicted octanol–water partition coefficient (Wildman–Crippen LogP) is 5.92. The van der Waals surface area contributed by atoms with E-state index in [-0.39, 0.29) is 11.3 Å². The highest BCUT2D eigenvalue weighted by Crippen LogP contribution is 2.26. The normalized spacial score (nSPS) is 12.1. The quantitative estimate of drug-likeness (QED) is 0.302. The number of nitrogens with zero attached hydrogens (tertiary/aromatic N) is 3. The van der Waals surface area contributed by atoms with E-state index in [9.17, 15) is 9.59 Å². The van der Waals surface area contributed by atoms with Crippen LogP contribution in [-0.2, 0) is 11.2 Å². The molecule has 180 valence electrons. The Morgan fingerprint density at radius 1 is 0.889 bits per heavy atom.